The normalized spacial score (nSPS) is 19.1. The Morgan fingerprint density at radius 1 is 1.30 bits per heavy atom. The van der Waals surface area contributed by atoms with Gasteiger partial charge in [0.2, 0.25) is 6.86 Å². The van der Waals surface area contributed by atoms with Gasteiger partial charge in [0.15, 0.2) is 11.5 Å². The minimum atomic E-state index is -3.66. The van der Waals surface area contributed by atoms with Crippen molar-refractivity contribution in [1.29, 1.82) is 0 Å². The van der Waals surface area contributed by atoms with E-state index in [2.05, 4.69) is 14.6 Å². The van der Waals surface area contributed by atoms with Crippen LogP contribution < -0.4 is 24.2 Å². The maximum absolute atomic E-state index is 12.8. The van der Waals surface area contributed by atoms with Gasteiger partial charge in [-0.1, -0.05) is 0 Å². The number of anilines is 1. The van der Waals surface area contributed by atoms with E-state index in [9.17, 15) is 12.8 Å². The number of fused-ring (bicyclic) bond motifs is 1. The molecule has 1 aliphatic carbocycles. The SMILES string of the molecule is COc1cc2nccc(N3CCC(C4(CNS(N)(=O)=O)CC4)CC3)c2cc1OCF. The fourth-order valence-corrected chi connectivity index (χ4v) is 5.10. The second-order valence-electron chi connectivity index (χ2n) is 8.09. The fourth-order valence-electron chi connectivity index (χ4n) is 4.61. The molecule has 2 heterocycles. The Kier molecular flexibility index (Phi) is 5.73. The zero-order valence-electron chi connectivity index (χ0n) is 16.9. The molecule has 2 aliphatic rings. The molecule has 0 amide bonds. The topological polar surface area (TPSA) is 107 Å². The van der Waals surface area contributed by atoms with Gasteiger partial charge in [-0.2, -0.15) is 8.42 Å². The first kappa shape index (κ1) is 21.1. The maximum Gasteiger partial charge on any atom is 0.274 e. The quantitative estimate of drug-likeness (QED) is 0.655. The number of hydrogen-bond donors (Lipinski definition) is 2. The highest BCUT2D eigenvalue weighted by Crippen LogP contribution is 2.55. The molecule has 0 bridgehead atoms. The van der Waals surface area contributed by atoms with Crippen molar-refractivity contribution in [3.05, 3.63) is 24.4 Å². The molecule has 0 unspecified atom stereocenters. The molecule has 164 valence electrons. The van der Waals surface area contributed by atoms with E-state index in [1.165, 1.54) is 7.11 Å². The van der Waals surface area contributed by atoms with Gasteiger partial charge in [-0.3, -0.25) is 4.98 Å². The molecule has 30 heavy (non-hydrogen) atoms. The van der Waals surface area contributed by atoms with E-state index in [1.807, 2.05) is 6.07 Å². The highest BCUT2D eigenvalue weighted by molar-refractivity contribution is 7.87. The molecule has 1 aromatic heterocycles. The van der Waals surface area contributed by atoms with Crippen LogP contribution >= 0.6 is 0 Å². The number of nitrogens with two attached hydrogens (primary N) is 1. The predicted octanol–water partition coefficient (Wildman–Crippen LogP) is 2.34. The Hall–Kier alpha value is -2.17. The van der Waals surface area contributed by atoms with E-state index in [0.717, 1.165) is 55.4 Å². The highest BCUT2D eigenvalue weighted by Gasteiger charge is 2.49. The molecule has 2 fully saturated rings. The molecule has 0 spiro atoms. The minimum Gasteiger partial charge on any atom is -0.493 e. The molecule has 0 radical (unpaired) electrons. The lowest BCUT2D eigenvalue weighted by Gasteiger charge is -2.38. The number of piperidine rings is 1. The molecule has 0 atom stereocenters. The maximum atomic E-state index is 12.8. The number of halogens is 1. The number of alkyl halides is 1. The van der Waals surface area contributed by atoms with Gasteiger partial charge < -0.3 is 14.4 Å². The van der Waals surface area contributed by atoms with Crippen molar-refractivity contribution in [3.8, 4) is 11.5 Å². The fraction of sp³-hybridized carbons (Fsp3) is 0.550. The van der Waals surface area contributed by atoms with Crippen molar-refractivity contribution in [2.24, 2.45) is 16.5 Å². The zero-order chi connectivity index (χ0) is 21.4. The van der Waals surface area contributed by atoms with Gasteiger partial charge in [0.1, 0.15) is 0 Å². The summed E-state index contributed by atoms with van der Waals surface area (Å²) < 4.78 is 48.2. The molecule has 1 saturated heterocycles. The lowest BCUT2D eigenvalue weighted by Crippen LogP contribution is -2.42. The smallest absolute Gasteiger partial charge is 0.274 e. The first-order chi connectivity index (χ1) is 14.3. The number of pyridine rings is 1. The lowest BCUT2D eigenvalue weighted by molar-refractivity contribution is 0.185. The lowest BCUT2D eigenvalue weighted by atomic mass is 9.81. The number of aromatic nitrogens is 1. The Bertz CT molecular complexity index is 1020. The number of benzene rings is 1. The van der Waals surface area contributed by atoms with Crippen LogP contribution in [0.1, 0.15) is 25.7 Å². The molecule has 8 nitrogen and oxygen atoms in total. The Balaban J connectivity index is 1.51. The summed E-state index contributed by atoms with van der Waals surface area (Å²) >= 11 is 0. The third-order valence-electron chi connectivity index (χ3n) is 6.43. The third-order valence-corrected chi connectivity index (χ3v) is 6.98. The molecular formula is C20H27FN4O4S. The van der Waals surface area contributed by atoms with Crippen LogP contribution in [0.4, 0.5) is 10.1 Å². The number of nitrogens with zero attached hydrogens (tertiary/aromatic N) is 2. The summed E-state index contributed by atoms with van der Waals surface area (Å²) in [5.74, 6) is 1.26. The monoisotopic (exact) mass is 438 g/mol. The van der Waals surface area contributed by atoms with Crippen LogP contribution in [0.2, 0.25) is 0 Å². The van der Waals surface area contributed by atoms with Crippen molar-refractivity contribution in [1.82, 2.24) is 9.71 Å². The van der Waals surface area contributed by atoms with Crippen molar-refractivity contribution >= 4 is 26.8 Å². The van der Waals surface area contributed by atoms with Crippen LogP contribution in [-0.2, 0) is 10.2 Å². The van der Waals surface area contributed by atoms with Crippen LogP contribution in [0.3, 0.4) is 0 Å². The Morgan fingerprint density at radius 3 is 2.63 bits per heavy atom. The Morgan fingerprint density at radius 2 is 2.03 bits per heavy atom. The van der Waals surface area contributed by atoms with Crippen LogP contribution in [0.5, 0.6) is 11.5 Å². The number of rotatable bonds is 8. The summed E-state index contributed by atoms with van der Waals surface area (Å²) in [5, 5.41) is 6.00. The van der Waals surface area contributed by atoms with E-state index in [-0.39, 0.29) is 5.41 Å². The molecule has 1 aromatic carbocycles. The van der Waals surface area contributed by atoms with Gasteiger partial charge >= 0.3 is 0 Å². The molecule has 2 aromatic rings. The molecule has 1 saturated carbocycles. The largest absolute Gasteiger partial charge is 0.493 e. The standard InChI is InChI=1S/C20H27FN4O4S/c1-28-18-11-16-15(10-19(18)29-13-21)17(2-7-23-16)25-8-3-14(4-9-25)20(5-6-20)12-24-30(22,26)27/h2,7,10-11,14,24H,3-6,8-9,12-13H2,1H3,(H2,22,26,27). The number of ether oxygens (including phenoxy) is 2. The second-order valence-corrected chi connectivity index (χ2v) is 9.47. The summed E-state index contributed by atoms with van der Waals surface area (Å²) in [6.45, 7) is 1.19. The number of methoxy groups -OCH3 is 1. The molecular weight excluding hydrogens is 411 g/mol. The number of hydrogen-bond acceptors (Lipinski definition) is 6. The summed E-state index contributed by atoms with van der Waals surface area (Å²) in [7, 11) is -2.15. The summed E-state index contributed by atoms with van der Waals surface area (Å²) in [5.41, 5.74) is 1.82. The summed E-state index contributed by atoms with van der Waals surface area (Å²) in [6.07, 6.45) is 5.77. The average Bonchev–Trinajstić information content (AvgIpc) is 3.53. The van der Waals surface area contributed by atoms with Crippen molar-refractivity contribution in [3.63, 3.8) is 0 Å². The van der Waals surface area contributed by atoms with E-state index >= 15 is 0 Å². The van der Waals surface area contributed by atoms with Crippen molar-refractivity contribution in [2.75, 3.05) is 38.5 Å². The van der Waals surface area contributed by atoms with E-state index in [0.29, 0.717) is 24.0 Å². The van der Waals surface area contributed by atoms with Crippen LogP contribution in [0.15, 0.2) is 24.4 Å². The van der Waals surface area contributed by atoms with Gasteiger partial charge in [-0.05, 0) is 49.1 Å². The first-order valence-corrected chi connectivity index (χ1v) is 11.6. The van der Waals surface area contributed by atoms with Crippen molar-refractivity contribution in [2.45, 2.75) is 25.7 Å². The number of nitrogens with one attached hydrogen (secondary N) is 1. The van der Waals surface area contributed by atoms with E-state index in [1.54, 1.807) is 18.3 Å². The highest BCUT2D eigenvalue weighted by atomic mass is 32.2. The van der Waals surface area contributed by atoms with Gasteiger partial charge in [-0.25, -0.2) is 14.3 Å². The second kappa shape index (κ2) is 8.16. The summed E-state index contributed by atoms with van der Waals surface area (Å²) in [4.78, 5) is 6.73. The first-order valence-electron chi connectivity index (χ1n) is 10.0. The molecule has 1 aliphatic heterocycles. The zero-order valence-corrected chi connectivity index (χ0v) is 17.8. The molecule has 10 heteroatoms. The van der Waals surface area contributed by atoms with E-state index in [4.69, 9.17) is 14.6 Å². The summed E-state index contributed by atoms with van der Waals surface area (Å²) in [6, 6.07) is 5.50. The van der Waals surface area contributed by atoms with Gasteiger partial charge in [0.25, 0.3) is 10.2 Å². The van der Waals surface area contributed by atoms with Crippen molar-refractivity contribution < 1.29 is 22.3 Å². The molecule has 3 N–H and O–H groups in total. The van der Waals surface area contributed by atoms with Gasteiger partial charge in [-0.15, -0.1) is 0 Å². The van der Waals surface area contributed by atoms with Crippen LogP contribution in [-0.4, -0.2) is 47.0 Å². The van der Waals surface area contributed by atoms with Crippen LogP contribution in [0.25, 0.3) is 10.9 Å². The van der Waals surface area contributed by atoms with Gasteiger partial charge in [0, 0.05) is 43.0 Å². The average molecular weight is 439 g/mol. The molecule has 4 rings (SSSR count). The predicted molar refractivity (Wildman–Crippen MR) is 113 cm³/mol. The minimum absolute atomic E-state index is 0.0361. The Labute approximate surface area is 175 Å². The van der Waals surface area contributed by atoms with Gasteiger partial charge in [0.05, 0.1) is 12.6 Å². The van der Waals surface area contributed by atoms with E-state index < -0.39 is 17.1 Å². The third kappa shape index (κ3) is 4.30. The van der Waals surface area contributed by atoms with Crippen LogP contribution in [0, 0.1) is 11.3 Å².